The van der Waals surface area contributed by atoms with E-state index in [2.05, 4.69) is 15.1 Å². The molecular weight excluding hydrogens is 314 g/mol. The first-order chi connectivity index (χ1) is 11.2. The Morgan fingerprint density at radius 2 is 2.22 bits per heavy atom. The highest BCUT2D eigenvalue weighted by atomic mass is 32.1. The van der Waals surface area contributed by atoms with Crippen LogP contribution in [-0.2, 0) is 18.5 Å². The fraction of sp³-hybridized carbons (Fsp3) is 0.467. The van der Waals surface area contributed by atoms with Gasteiger partial charge in [-0.3, -0.25) is 9.36 Å². The summed E-state index contributed by atoms with van der Waals surface area (Å²) < 4.78 is 6.88. The van der Waals surface area contributed by atoms with Crippen molar-refractivity contribution in [1.29, 1.82) is 0 Å². The van der Waals surface area contributed by atoms with E-state index in [1.807, 2.05) is 5.38 Å². The van der Waals surface area contributed by atoms with Crippen LogP contribution in [0.4, 0.5) is 0 Å². The molecule has 0 bridgehead atoms. The van der Waals surface area contributed by atoms with E-state index in [1.54, 1.807) is 17.0 Å². The third kappa shape index (κ3) is 2.57. The minimum atomic E-state index is -0.449. The number of fused-ring (bicyclic) bond motifs is 1. The van der Waals surface area contributed by atoms with Crippen LogP contribution in [0, 0.1) is 0 Å². The molecule has 3 aromatic rings. The largest absolute Gasteiger partial charge is 0.339 e. The van der Waals surface area contributed by atoms with Gasteiger partial charge in [0.25, 0.3) is 5.56 Å². The molecular formula is C15H17N5O2S. The van der Waals surface area contributed by atoms with Crippen LogP contribution in [0.2, 0.25) is 0 Å². The second-order valence-corrected chi connectivity index (χ2v) is 6.90. The Labute approximate surface area is 136 Å². The van der Waals surface area contributed by atoms with Crippen molar-refractivity contribution in [2.24, 2.45) is 5.73 Å². The fourth-order valence-electron chi connectivity index (χ4n) is 3.06. The van der Waals surface area contributed by atoms with E-state index in [-0.39, 0.29) is 5.56 Å². The summed E-state index contributed by atoms with van der Waals surface area (Å²) in [6.45, 7) is 0.455. The summed E-state index contributed by atoms with van der Waals surface area (Å²) in [5, 5.41) is 6.55. The van der Waals surface area contributed by atoms with Gasteiger partial charge in [0.1, 0.15) is 4.83 Å². The van der Waals surface area contributed by atoms with Crippen LogP contribution < -0.4 is 11.3 Å². The molecule has 23 heavy (non-hydrogen) atoms. The Bertz CT molecular complexity index is 891. The maximum absolute atomic E-state index is 12.3. The van der Waals surface area contributed by atoms with Gasteiger partial charge >= 0.3 is 0 Å². The first-order valence-corrected chi connectivity index (χ1v) is 8.58. The molecule has 0 aliphatic heterocycles. The Kier molecular flexibility index (Phi) is 3.50. The summed E-state index contributed by atoms with van der Waals surface area (Å²) in [7, 11) is 0. The van der Waals surface area contributed by atoms with Crippen LogP contribution in [0.5, 0.6) is 0 Å². The first-order valence-electron chi connectivity index (χ1n) is 7.70. The van der Waals surface area contributed by atoms with Crippen molar-refractivity contribution in [3.8, 4) is 0 Å². The predicted molar refractivity (Wildman–Crippen MR) is 86.2 cm³/mol. The summed E-state index contributed by atoms with van der Waals surface area (Å²) >= 11 is 1.46. The first kappa shape index (κ1) is 14.5. The molecule has 2 N–H and O–H groups in total. The van der Waals surface area contributed by atoms with Crippen molar-refractivity contribution in [1.82, 2.24) is 19.7 Å². The zero-order valence-corrected chi connectivity index (χ0v) is 13.4. The zero-order chi connectivity index (χ0) is 15.9. The molecule has 0 spiro atoms. The van der Waals surface area contributed by atoms with Gasteiger partial charge in [-0.2, -0.15) is 4.98 Å². The molecule has 0 unspecified atom stereocenters. The lowest BCUT2D eigenvalue weighted by atomic mass is 9.99. The molecule has 1 aliphatic rings. The summed E-state index contributed by atoms with van der Waals surface area (Å²) in [6.07, 6.45) is 6.04. The van der Waals surface area contributed by atoms with Crippen molar-refractivity contribution in [2.45, 2.75) is 44.2 Å². The molecule has 120 valence electrons. The number of thiophene rings is 1. The van der Waals surface area contributed by atoms with Crippen LogP contribution in [0.25, 0.3) is 10.2 Å². The normalized spacial score (nSPS) is 17.1. The van der Waals surface area contributed by atoms with Gasteiger partial charge in [0, 0.05) is 13.0 Å². The second-order valence-electron chi connectivity index (χ2n) is 6.01. The summed E-state index contributed by atoms with van der Waals surface area (Å²) in [5.41, 5.74) is 5.84. The summed E-state index contributed by atoms with van der Waals surface area (Å²) in [6, 6.07) is 1.80. The van der Waals surface area contributed by atoms with Crippen molar-refractivity contribution in [3.63, 3.8) is 0 Å². The Morgan fingerprint density at radius 1 is 1.39 bits per heavy atom. The number of nitrogens with two attached hydrogens (primary N) is 1. The third-order valence-electron chi connectivity index (χ3n) is 4.43. The van der Waals surface area contributed by atoms with Crippen LogP contribution in [0.3, 0.4) is 0 Å². The van der Waals surface area contributed by atoms with Gasteiger partial charge in [-0.25, -0.2) is 4.98 Å². The van der Waals surface area contributed by atoms with Crippen LogP contribution >= 0.6 is 11.3 Å². The lowest BCUT2D eigenvalue weighted by molar-refractivity contribution is 0.344. The highest BCUT2D eigenvalue weighted by Crippen LogP contribution is 2.34. The average Bonchev–Trinajstić information content (AvgIpc) is 3.27. The monoisotopic (exact) mass is 331 g/mol. The van der Waals surface area contributed by atoms with E-state index in [0.717, 1.165) is 30.5 Å². The van der Waals surface area contributed by atoms with E-state index in [4.69, 9.17) is 10.3 Å². The second kappa shape index (κ2) is 5.54. The minimum absolute atomic E-state index is 0.0397. The molecule has 4 rings (SSSR count). The van der Waals surface area contributed by atoms with Crippen LogP contribution in [0.15, 0.2) is 27.1 Å². The number of nitrogens with zero attached hydrogens (tertiary/aromatic N) is 4. The van der Waals surface area contributed by atoms with Crippen molar-refractivity contribution >= 4 is 21.6 Å². The number of aryl methyl sites for hydroxylation is 2. The van der Waals surface area contributed by atoms with Gasteiger partial charge in [-0.1, -0.05) is 18.0 Å². The van der Waals surface area contributed by atoms with Gasteiger partial charge < -0.3 is 10.3 Å². The molecule has 7 nitrogen and oxygen atoms in total. The molecule has 3 heterocycles. The number of hydrogen-bond acceptors (Lipinski definition) is 7. The SMILES string of the molecule is NC1(c2noc(CCn3cnc4sccc4c3=O)n2)CCCC1. The molecule has 1 saturated carbocycles. The third-order valence-corrected chi connectivity index (χ3v) is 5.25. The molecule has 0 saturated heterocycles. The topological polar surface area (TPSA) is 99.8 Å². The van der Waals surface area contributed by atoms with Gasteiger partial charge in [0.15, 0.2) is 5.82 Å². The van der Waals surface area contributed by atoms with Gasteiger partial charge in [0.05, 0.1) is 17.3 Å². The van der Waals surface area contributed by atoms with Crippen LogP contribution in [-0.4, -0.2) is 19.7 Å². The summed E-state index contributed by atoms with van der Waals surface area (Å²) in [4.78, 5) is 21.8. The average molecular weight is 331 g/mol. The Balaban J connectivity index is 1.51. The molecule has 0 aromatic carbocycles. The highest BCUT2D eigenvalue weighted by molar-refractivity contribution is 7.16. The maximum Gasteiger partial charge on any atom is 0.262 e. The molecule has 3 aromatic heterocycles. The smallest absolute Gasteiger partial charge is 0.262 e. The van der Waals surface area contributed by atoms with Gasteiger partial charge in [0.2, 0.25) is 5.89 Å². The Morgan fingerprint density at radius 3 is 3.04 bits per heavy atom. The van der Waals surface area contributed by atoms with Gasteiger partial charge in [-0.15, -0.1) is 11.3 Å². The standard InChI is InChI=1S/C15H17N5O2S/c16-15(5-1-2-6-15)14-18-11(22-19-14)3-7-20-9-17-12-10(13(20)21)4-8-23-12/h4,8-9H,1-3,5-7,16H2. The lowest BCUT2D eigenvalue weighted by Crippen LogP contribution is -2.34. The van der Waals surface area contributed by atoms with E-state index in [0.29, 0.717) is 30.1 Å². The molecule has 0 amide bonds. The van der Waals surface area contributed by atoms with Crippen molar-refractivity contribution < 1.29 is 4.52 Å². The van der Waals surface area contributed by atoms with Crippen LogP contribution in [0.1, 0.15) is 37.4 Å². The van der Waals surface area contributed by atoms with E-state index < -0.39 is 5.54 Å². The predicted octanol–water partition coefficient (Wildman–Crippen LogP) is 1.81. The number of aromatic nitrogens is 4. The van der Waals surface area contributed by atoms with E-state index in [9.17, 15) is 4.79 Å². The maximum atomic E-state index is 12.3. The van der Waals surface area contributed by atoms with E-state index in [1.165, 1.54) is 11.3 Å². The Hall–Kier alpha value is -2.06. The molecule has 8 heteroatoms. The van der Waals surface area contributed by atoms with Crippen molar-refractivity contribution in [3.05, 3.63) is 39.8 Å². The number of rotatable bonds is 4. The number of hydrogen-bond donors (Lipinski definition) is 1. The highest BCUT2D eigenvalue weighted by Gasteiger charge is 2.35. The zero-order valence-electron chi connectivity index (χ0n) is 12.6. The lowest BCUT2D eigenvalue weighted by Gasteiger charge is -2.17. The quantitative estimate of drug-likeness (QED) is 0.782. The van der Waals surface area contributed by atoms with E-state index >= 15 is 0 Å². The fourth-order valence-corrected chi connectivity index (χ4v) is 3.78. The van der Waals surface area contributed by atoms with Gasteiger partial charge in [-0.05, 0) is 24.3 Å². The minimum Gasteiger partial charge on any atom is -0.339 e. The van der Waals surface area contributed by atoms with Crippen molar-refractivity contribution in [2.75, 3.05) is 0 Å². The molecule has 0 atom stereocenters. The molecule has 1 fully saturated rings. The summed E-state index contributed by atoms with van der Waals surface area (Å²) in [5.74, 6) is 1.10. The molecule has 1 aliphatic carbocycles. The molecule has 0 radical (unpaired) electrons.